The maximum atomic E-state index is 11.8. The molecule has 5 nitrogen and oxygen atoms in total. The molecule has 1 N–H and O–H groups in total. The highest BCUT2D eigenvalue weighted by Gasteiger charge is 2.32. The van der Waals surface area contributed by atoms with Gasteiger partial charge in [0, 0.05) is 6.07 Å². The quantitative estimate of drug-likeness (QED) is 0.482. The third-order valence-electron chi connectivity index (χ3n) is 1.60. The van der Waals surface area contributed by atoms with Gasteiger partial charge in [0.2, 0.25) is 0 Å². The van der Waals surface area contributed by atoms with Crippen molar-refractivity contribution in [3.8, 4) is 0 Å². The van der Waals surface area contributed by atoms with Crippen LogP contribution < -0.4 is 5.32 Å². The van der Waals surface area contributed by atoms with E-state index in [2.05, 4.69) is 0 Å². The summed E-state index contributed by atoms with van der Waals surface area (Å²) in [7, 11) is 0. The molecule has 0 aliphatic heterocycles. The van der Waals surface area contributed by atoms with E-state index < -0.39 is 28.4 Å². The first-order valence-corrected chi connectivity index (χ1v) is 3.94. The smallest absolute Gasteiger partial charge is 0.269 e. The van der Waals surface area contributed by atoms with Gasteiger partial charge in [-0.25, -0.2) is 0 Å². The van der Waals surface area contributed by atoms with Crippen molar-refractivity contribution in [1.82, 2.24) is 5.32 Å². The number of nitrogens with zero attached hydrogens (tertiary/aromatic N) is 1. The van der Waals surface area contributed by atoms with Crippen LogP contribution in [0.2, 0.25) is 0 Å². The molecule has 0 aliphatic carbocycles. The van der Waals surface area contributed by atoms with Crippen LogP contribution in [0, 0.1) is 10.1 Å². The topological polar surface area (TPSA) is 72.2 Å². The lowest BCUT2D eigenvalue weighted by atomic mass is 10.1. The Morgan fingerprint density at radius 2 is 1.88 bits per heavy atom. The van der Waals surface area contributed by atoms with Crippen LogP contribution in [0.4, 0.5) is 18.9 Å². The summed E-state index contributed by atoms with van der Waals surface area (Å²) in [6, 6.07) is 4.38. The van der Waals surface area contributed by atoms with Gasteiger partial charge in [0.15, 0.2) is 0 Å². The molecule has 1 aromatic carbocycles. The van der Waals surface area contributed by atoms with E-state index in [1.807, 2.05) is 0 Å². The van der Waals surface area contributed by atoms with Gasteiger partial charge in [-0.15, -0.1) is 0 Å². The fraction of sp³-hybridized carbons (Fsp3) is 0.125. The zero-order chi connectivity index (χ0) is 12.3. The number of carbonyl (C=O) groups excluding carboxylic acids is 1. The van der Waals surface area contributed by atoms with E-state index in [-0.39, 0.29) is 0 Å². The van der Waals surface area contributed by atoms with Crippen LogP contribution in [0.1, 0.15) is 10.4 Å². The Kier molecular flexibility index (Phi) is 3.11. The molecular weight excluding hydrogens is 229 g/mol. The van der Waals surface area contributed by atoms with Crippen LogP contribution in [0.15, 0.2) is 24.3 Å². The lowest BCUT2D eigenvalue weighted by Crippen LogP contribution is -2.37. The second kappa shape index (κ2) is 4.17. The van der Waals surface area contributed by atoms with Crippen molar-refractivity contribution in [3.63, 3.8) is 0 Å². The number of hydrogen-bond acceptors (Lipinski definition) is 3. The average molecular weight is 234 g/mol. The number of amides is 1. The van der Waals surface area contributed by atoms with E-state index >= 15 is 0 Å². The van der Waals surface area contributed by atoms with Gasteiger partial charge in [-0.05, 0) is 6.07 Å². The van der Waals surface area contributed by atoms with E-state index in [1.165, 1.54) is 12.1 Å². The Hall–Kier alpha value is -2.12. The third kappa shape index (κ3) is 2.94. The minimum atomic E-state index is -4.92. The van der Waals surface area contributed by atoms with Gasteiger partial charge >= 0.3 is 6.30 Å². The summed E-state index contributed by atoms with van der Waals surface area (Å²) in [5.41, 5.74) is -1.31. The van der Waals surface area contributed by atoms with E-state index in [1.54, 1.807) is 0 Å². The Morgan fingerprint density at radius 3 is 2.38 bits per heavy atom. The summed E-state index contributed by atoms with van der Waals surface area (Å²) in [5, 5.41) is 11.1. The van der Waals surface area contributed by atoms with Crippen LogP contribution in [-0.2, 0) is 0 Å². The van der Waals surface area contributed by atoms with Crippen molar-refractivity contribution in [2.45, 2.75) is 6.30 Å². The molecule has 0 unspecified atom stereocenters. The third-order valence-corrected chi connectivity index (χ3v) is 1.60. The number of nitro groups is 1. The van der Waals surface area contributed by atoms with Crippen LogP contribution in [0.3, 0.4) is 0 Å². The highest BCUT2D eigenvalue weighted by Crippen LogP contribution is 2.19. The van der Waals surface area contributed by atoms with Gasteiger partial charge in [-0.1, -0.05) is 12.1 Å². The van der Waals surface area contributed by atoms with Crippen molar-refractivity contribution in [3.05, 3.63) is 39.9 Å². The minimum Gasteiger partial charge on any atom is -0.269 e. The monoisotopic (exact) mass is 234 g/mol. The summed E-state index contributed by atoms with van der Waals surface area (Å²) in [4.78, 5) is 20.6. The fourth-order valence-corrected chi connectivity index (χ4v) is 1.02. The highest BCUT2D eigenvalue weighted by molar-refractivity contribution is 5.98. The molecule has 0 saturated heterocycles. The van der Waals surface area contributed by atoms with Crippen LogP contribution in [0.25, 0.3) is 0 Å². The SMILES string of the molecule is O=C(NC(F)(F)F)c1ccccc1[N+](=O)[O-]. The zero-order valence-electron chi connectivity index (χ0n) is 7.62. The number of nitro benzene ring substituents is 1. The largest absolute Gasteiger partial charge is 0.484 e. The average Bonchev–Trinajstić information content (AvgIpc) is 2.15. The number of hydrogen-bond donors (Lipinski definition) is 1. The van der Waals surface area contributed by atoms with Gasteiger partial charge in [-0.3, -0.25) is 20.2 Å². The van der Waals surface area contributed by atoms with Crippen molar-refractivity contribution >= 4 is 11.6 Å². The van der Waals surface area contributed by atoms with Crippen molar-refractivity contribution < 1.29 is 22.9 Å². The summed E-state index contributed by atoms with van der Waals surface area (Å²) in [6.45, 7) is 0. The first-order valence-electron chi connectivity index (χ1n) is 3.94. The van der Waals surface area contributed by atoms with Crippen molar-refractivity contribution in [2.24, 2.45) is 0 Å². The molecule has 1 rings (SSSR count). The molecule has 0 spiro atoms. The summed E-state index contributed by atoms with van der Waals surface area (Å²) in [6.07, 6.45) is -4.92. The number of carbonyl (C=O) groups is 1. The summed E-state index contributed by atoms with van der Waals surface area (Å²) < 4.78 is 35.5. The predicted molar refractivity (Wildman–Crippen MR) is 46.6 cm³/mol. The summed E-state index contributed by atoms with van der Waals surface area (Å²) >= 11 is 0. The number of para-hydroxylation sites is 1. The van der Waals surface area contributed by atoms with Crippen molar-refractivity contribution in [2.75, 3.05) is 0 Å². The van der Waals surface area contributed by atoms with E-state index in [0.29, 0.717) is 5.32 Å². The number of rotatable bonds is 2. The minimum absolute atomic E-state index is 0.634. The van der Waals surface area contributed by atoms with Crippen LogP contribution in [-0.4, -0.2) is 17.1 Å². The lowest BCUT2D eigenvalue weighted by molar-refractivity contribution is -0.385. The van der Waals surface area contributed by atoms with E-state index in [4.69, 9.17) is 0 Å². The highest BCUT2D eigenvalue weighted by atomic mass is 19.4. The number of alkyl halides is 3. The molecule has 0 radical (unpaired) electrons. The van der Waals surface area contributed by atoms with Gasteiger partial charge < -0.3 is 0 Å². The normalized spacial score (nSPS) is 10.9. The second-order valence-corrected chi connectivity index (χ2v) is 2.73. The Labute approximate surface area is 87.0 Å². The number of benzene rings is 1. The van der Waals surface area contributed by atoms with Crippen LogP contribution in [0.5, 0.6) is 0 Å². The number of halogens is 3. The Morgan fingerprint density at radius 1 is 1.31 bits per heavy atom. The fourth-order valence-electron chi connectivity index (χ4n) is 1.02. The standard InChI is InChI=1S/C8H5F3N2O3/c9-8(10,11)12-7(14)5-3-1-2-4-6(5)13(15)16/h1-4H,(H,12,14). The van der Waals surface area contributed by atoms with Gasteiger partial charge in [0.05, 0.1) is 4.92 Å². The molecule has 1 amide bonds. The first kappa shape index (κ1) is 12.0. The zero-order valence-corrected chi connectivity index (χ0v) is 7.62. The van der Waals surface area contributed by atoms with E-state index in [9.17, 15) is 28.1 Å². The molecular formula is C8H5F3N2O3. The Bertz CT molecular complexity index is 431. The molecule has 0 saturated carbocycles. The van der Waals surface area contributed by atoms with Crippen molar-refractivity contribution in [1.29, 1.82) is 0 Å². The molecule has 0 fully saturated rings. The molecule has 8 heteroatoms. The molecule has 1 aromatic rings. The molecule has 16 heavy (non-hydrogen) atoms. The maximum Gasteiger partial charge on any atom is 0.484 e. The maximum absolute atomic E-state index is 11.8. The lowest BCUT2D eigenvalue weighted by Gasteiger charge is -2.08. The molecule has 86 valence electrons. The van der Waals surface area contributed by atoms with E-state index in [0.717, 1.165) is 12.1 Å². The predicted octanol–water partition coefficient (Wildman–Crippen LogP) is 1.84. The first-order chi connectivity index (χ1) is 7.31. The number of nitrogens with one attached hydrogen (secondary N) is 1. The van der Waals surface area contributed by atoms with Crippen LogP contribution >= 0.6 is 0 Å². The van der Waals surface area contributed by atoms with Gasteiger partial charge in [0.25, 0.3) is 11.6 Å². The summed E-state index contributed by atoms with van der Waals surface area (Å²) in [5.74, 6) is -1.56. The molecule has 0 aliphatic rings. The molecule has 0 aromatic heterocycles. The Balaban J connectivity index is 3.04. The molecule has 0 heterocycles. The van der Waals surface area contributed by atoms with Gasteiger partial charge in [-0.2, -0.15) is 13.2 Å². The molecule has 0 bridgehead atoms. The molecule has 0 atom stereocenters. The van der Waals surface area contributed by atoms with Gasteiger partial charge in [0.1, 0.15) is 5.56 Å². The second-order valence-electron chi connectivity index (χ2n) is 2.73.